The highest BCUT2D eigenvalue weighted by Gasteiger charge is 2.34. The van der Waals surface area contributed by atoms with Crippen molar-refractivity contribution in [2.75, 3.05) is 6.61 Å². The summed E-state index contributed by atoms with van der Waals surface area (Å²) in [7, 11) is 0. The van der Waals surface area contributed by atoms with E-state index in [1.165, 1.54) is 12.0 Å². The number of aromatic nitrogens is 4. The lowest BCUT2D eigenvalue weighted by Crippen LogP contribution is -2.20. The van der Waals surface area contributed by atoms with E-state index >= 15 is 0 Å². The standard InChI is InChI=1S/C27H26N4O3/c1-18(33)26-28-12-13-31(26)25(16-32)11-4-19-2-5-20(6-3-19)21-7-9-22(10-8-21)23-14-24(15-23)27-30-29-17-34-27/h2-3,5-10,12-13,17-18,23-25,32-33H,14-16H2,1H3/t18-,23?,24?,25-/m0/s1. The molecule has 2 aromatic heterocycles. The Kier molecular flexibility index (Phi) is 6.26. The van der Waals surface area contributed by atoms with Crippen LogP contribution in [0.25, 0.3) is 11.1 Å². The maximum atomic E-state index is 9.86. The zero-order chi connectivity index (χ0) is 23.5. The molecular formula is C27H26N4O3. The molecule has 7 nitrogen and oxygen atoms in total. The second kappa shape index (κ2) is 9.64. The monoisotopic (exact) mass is 454 g/mol. The maximum Gasteiger partial charge on any atom is 0.219 e. The van der Waals surface area contributed by atoms with Crippen LogP contribution < -0.4 is 0 Å². The number of benzene rings is 2. The molecule has 0 bridgehead atoms. The molecular weight excluding hydrogens is 428 g/mol. The Morgan fingerprint density at radius 3 is 2.38 bits per heavy atom. The van der Waals surface area contributed by atoms with Crippen LogP contribution in [0.15, 0.2) is 71.7 Å². The van der Waals surface area contributed by atoms with Gasteiger partial charge in [0.2, 0.25) is 12.3 Å². The number of imidazole rings is 1. The molecule has 7 heteroatoms. The molecule has 4 aromatic rings. The van der Waals surface area contributed by atoms with Crippen LogP contribution in [0.2, 0.25) is 0 Å². The van der Waals surface area contributed by atoms with Crippen molar-refractivity contribution in [2.45, 2.75) is 43.7 Å². The van der Waals surface area contributed by atoms with Gasteiger partial charge in [-0.25, -0.2) is 4.98 Å². The van der Waals surface area contributed by atoms with Gasteiger partial charge in [0.05, 0.1) is 6.61 Å². The largest absolute Gasteiger partial charge is 0.428 e. The number of rotatable bonds is 6. The minimum absolute atomic E-state index is 0.163. The van der Waals surface area contributed by atoms with Crippen LogP contribution in [0.5, 0.6) is 0 Å². The van der Waals surface area contributed by atoms with Gasteiger partial charge >= 0.3 is 0 Å². The van der Waals surface area contributed by atoms with Gasteiger partial charge in [0.1, 0.15) is 18.0 Å². The van der Waals surface area contributed by atoms with E-state index < -0.39 is 12.1 Å². The predicted molar refractivity (Wildman–Crippen MR) is 127 cm³/mol. The first-order valence-electron chi connectivity index (χ1n) is 11.4. The van der Waals surface area contributed by atoms with E-state index in [2.05, 4.69) is 63.4 Å². The van der Waals surface area contributed by atoms with Gasteiger partial charge in [0, 0.05) is 23.9 Å². The first kappa shape index (κ1) is 22.1. The topological polar surface area (TPSA) is 97.2 Å². The molecule has 1 aliphatic rings. The smallest absolute Gasteiger partial charge is 0.219 e. The minimum atomic E-state index is -0.729. The summed E-state index contributed by atoms with van der Waals surface area (Å²) in [5.41, 5.74) is 4.48. The van der Waals surface area contributed by atoms with Crippen LogP contribution in [0.3, 0.4) is 0 Å². The van der Waals surface area contributed by atoms with Gasteiger partial charge < -0.3 is 19.2 Å². The van der Waals surface area contributed by atoms with Gasteiger partial charge in [-0.1, -0.05) is 48.2 Å². The van der Waals surface area contributed by atoms with Crippen LogP contribution in [-0.4, -0.2) is 36.6 Å². The average Bonchev–Trinajstić information content (AvgIpc) is 3.52. The molecule has 0 unspecified atom stereocenters. The van der Waals surface area contributed by atoms with Crippen LogP contribution in [0.4, 0.5) is 0 Å². The summed E-state index contributed by atoms with van der Waals surface area (Å²) in [6.07, 6.45) is 6.07. The Morgan fingerprint density at radius 1 is 1.06 bits per heavy atom. The quantitative estimate of drug-likeness (QED) is 0.423. The molecule has 2 heterocycles. The molecule has 0 aliphatic heterocycles. The highest BCUT2D eigenvalue weighted by Crippen LogP contribution is 2.47. The lowest BCUT2D eigenvalue weighted by atomic mass is 9.71. The van der Waals surface area contributed by atoms with E-state index in [1.54, 1.807) is 23.9 Å². The van der Waals surface area contributed by atoms with Crippen molar-refractivity contribution >= 4 is 0 Å². The fourth-order valence-electron chi connectivity index (χ4n) is 4.43. The third-order valence-electron chi connectivity index (χ3n) is 6.43. The minimum Gasteiger partial charge on any atom is -0.428 e. The van der Waals surface area contributed by atoms with Crippen LogP contribution >= 0.6 is 0 Å². The van der Waals surface area contributed by atoms with Crippen molar-refractivity contribution in [3.05, 3.63) is 90.2 Å². The summed E-state index contributed by atoms with van der Waals surface area (Å²) in [6, 6.07) is 16.3. The summed E-state index contributed by atoms with van der Waals surface area (Å²) in [6.45, 7) is 1.48. The molecule has 1 aliphatic carbocycles. The van der Waals surface area contributed by atoms with Crippen LogP contribution in [0.1, 0.15) is 66.6 Å². The molecule has 2 aromatic carbocycles. The highest BCUT2D eigenvalue weighted by molar-refractivity contribution is 5.64. The third-order valence-corrected chi connectivity index (χ3v) is 6.43. The molecule has 0 radical (unpaired) electrons. The summed E-state index contributed by atoms with van der Waals surface area (Å²) >= 11 is 0. The predicted octanol–water partition coefficient (Wildman–Crippen LogP) is 4.23. The fraction of sp³-hybridized carbons (Fsp3) is 0.296. The molecule has 172 valence electrons. The first-order valence-corrected chi connectivity index (χ1v) is 11.4. The second-order valence-corrected chi connectivity index (χ2v) is 8.68. The summed E-state index contributed by atoms with van der Waals surface area (Å²) < 4.78 is 7.03. The lowest BCUT2D eigenvalue weighted by Gasteiger charge is -2.33. The Labute approximate surface area is 198 Å². The molecule has 5 rings (SSSR count). The molecule has 1 saturated carbocycles. The zero-order valence-corrected chi connectivity index (χ0v) is 18.9. The molecule has 1 fully saturated rings. The fourth-order valence-corrected chi connectivity index (χ4v) is 4.43. The summed E-state index contributed by atoms with van der Waals surface area (Å²) in [5, 5.41) is 27.4. The molecule has 0 saturated heterocycles. The van der Waals surface area contributed by atoms with E-state index in [1.807, 2.05) is 12.1 Å². The number of hydrogen-bond acceptors (Lipinski definition) is 6. The Morgan fingerprint density at radius 2 is 1.76 bits per heavy atom. The molecule has 2 N–H and O–H groups in total. The SMILES string of the molecule is C[C@H](O)c1nccn1[C@@H](C#Cc1ccc(-c2ccc(C3CC(c4nnco4)C3)cc2)cc1)CO. The number of aliphatic hydroxyl groups excluding tert-OH is 2. The summed E-state index contributed by atoms with van der Waals surface area (Å²) in [4.78, 5) is 4.15. The number of nitrogens with zero attached hydrogens (tertiary/aromatic N) is 4. The van der Waals surface area contributed by atoms with Gasteiger partial charge in [-0.05, 0) is 54.5 Å². The molecule has 2 atom stereocenters. The third kappa shape index (κ3) is 4.51. The van der Waals surface area contributed by atoms with E-state index in [0.717, 1.165) is 35.4 Å². The Balaban J connectivity index is 1.24. The van der Waals surface area contributed by atoms with Crippen molar-refractivity contribution in [1.82, 2.24) is 19.7 Å². The van der Waals surface area contributed by atoms with Crippen molar-refractivity contribution in [3.8, 4) is 23.0 Å². The Bertz CT molecular complexity index is 1280. The molecule has 0 amide bonds. The maximum absolute atomic E-state index is 9.86. The molecule has 0 spiro atoms. The van der Waals surface area contributed by atoms with E-state index in [9.17, 15) is 10.2 Å². The lowest BCUT2D eigenvalue weighted by molar-refractivity contribution is 0.176. The first-order chi connectivity index (χ1) is 16.6. The van der Waals surface area contributed by atoms with E-state index in [4.69, 9.17) is 4.42 Å². The number of hydrogen-bond donors (Lipinski definition) is 2. The van der Waals surface area contributed by atoms with Gasteiger partial charge in [-0.3, -0.25) is 0 Å². The van der Waals surface area contributed by atoms with Crippen molar-refractivity contribution in [1.29, 1.82) is 0 Å². The van der Waals surface area contributed by atoms with Crippen molar-refractivity contribution in [2.24, 2.45) is 0 Å². The molecule has 34 heavy (non-hydrogen) atoms. The number of aliphatic hydroxyl groups is 2. The summed E-state index contributed by atoms with van der Waals surface area (Å²) in [5.74, 6) is 8.35. The van der Waals surface area contributed by atoms with E-state index in [0.29, 0.717) is 17.7 Å². The van der Waals surface area contributed by atoms with Gasteiger partial charge in [0.15, 0.2) is 0 Å². The van der Waals surface area contributed by atoms with Crippen LogP contribution in [0, 0.1) is 11.8 Å². The average molecular weight is 455 g/mol. The van der Waals surface area contributed by atoms with Gasteiger partial charge in [-0.15, -0.1) is 10.2 Å². The van der Waals surface area contributed by atoms with Crippen LogP contribution in [-0.2, 0) is 0 Å². The zero-order valence-electron chi connectivity index (χ0n) is 18.9. The Hall–Kier alpha value is -3.73. The van der Waals surface area contributed by atoms with Crippen molar-refractivity contribution < 1.29 is 14.6 Å². The van der Waals surface area contributed by atoms with Gasteiger partial charge in [0.25, 0.3) is 0 Å². The van der Waals surface area contributed by atoms with Crippen molar-refractivity contribution in [3.63, 3.8) is 0 Å². The second-order valence-electron chi connectivity index (χ2n) is 8.68. The van der Waals surface area contributed by atoms with Gasteiger partial charge in [-0.2, -0.15) is 0 Å². The van der Waals surface area contributed by atoms with E-state index in [-0.39, 0.29) is 6.61 Å². The highest BCUT2D eigenvalue weighted by atomic mass is 16.4. The normalized spacial score (nSPS) is 19.0.